The van der Waals surface area contributed by atoms with Gasteiger partial charge in [0, 0.05) is 29.6 Å². The summed E-state index contributed by atoms with van der Waals surface area (Å²) in [5, 5.41) is 34.2. The number of hydrogen-bond acceptors (Lipinski definition) is 5. The van der Waals surface area contributed by atoms with Crippen molar-refractivity contribution < 1.29 is 19.9 Å². The van der Waals surface area contributed by atoms with Gasteiger partial charge in [-0.2, -0.15) is 0 Å². The number of fused-ring (bicyclic) bond motifs is 2. The number of likely N-dealkylation sites (N-methyl/N-ethyl adjacent to an activating group) is 1. The number of nitro groups is 1. The van der Waals surface area contributed by atoms with Crippen LogP contribution in [0.2, 0.25) is 0 Å². The minimum absolute atomic E-state index is 0.0631. The highest BCUT2D eigenvalue weighted by atomic mass is 16.6. The summed E-state index contributed by atoms with van der Waals surface area (Å²) in [5.41, 5.74) is 1.21. The third kappa shape index (κ3) is 1.86. The van der Waals surface area contributed by atoms with Crippen molar-refractivity contribution in [3.8, 4) is 17.4 Å². The van der Waals surface area contributed by atoms with Gasteiger partial charge in [0.25, 0.3) is 5.69 Å². The zero-order chi connectivity index (χ0) is 19.7. The third-order valence-electron chi connectivity index (χ3n) is 5.63. The van der Waals surface area contributed by atoms with E-state index in [0.29, 0.717) is 27.6 Å². The highest BCUT2D eigenvalue weighted by Gasteiger charge is 2.45. The predicted molar refractivity (Wildman–Crippen MR) is 101 cm³/mol. The molecule has 0 saturated heterocycles. The van der Waals surface area contributed by atoms with Crippen molar-refractivity contribution in [2.24, 2.45) is 0 Å². The summed E-state index contributed by atoms with van der Waals surface area (Å²) in [6.45, 7) is 0. The Morgan fingerprint density at radius 3 is 2.39 bits per heavy atom. The molecular formula is C20H15N3O5. The minimum atomic E-state index is -0.665. The van der Waals surface area contributed by atoms with Crippen LogP contribution < -0.4 is 0 Å². The molecule has 2 aliphatic heterocycles. The maximum Gasteiger partial charge on any atom is 0.277 e. The van der Waals surface area contributed by atoms with Gasteiger partial charge in [-0.1, -0.05) is 30.4 Å². The molecule has 2 aromatic carbocycles. The normalized spacial score (nSPS) is 20.0. The molecule has 8 heteroatoms. The maximum absolute atomic E-state index is 12.5. The van der Waals surface area contributed by atoms with Crippen LogP contribution in [0.5, 0.6) is 11.8 Å². The fourth-order valence-corrected chi connectivity index (χ4v) is 4.32. The van der Waals surface area contributed by atoms with E-state index in [1.54, 1.807) is 37.4 Å². The van der Waals surface area contributed by atoms with Crippen molar-refractivity contribution >= 4 is 22.4 Å². The summed E-state index contributed by atoms with van der Waals surface area (Å²) in [6, 6.07) is 9.11. The summed E-state index contributed by atoms with van der Waals surface area (Å²) < 4.78 is 1.26. The topological polar surface area (TPSA) is 109 Å². The van der Waals surface area contributed by atoms with E-state index in [0.717, 1.165) is 0 Å². The lowest BCUT2D eigenvalue weighted by atomic mass is 9.81. The zero-order valence-electron chi connectivity index (χ0n) is 14.7. The van der Waals surface area contributed by atoms with E-state index in [1.807, 2.05) is 6.08 Å². The summed E-state index contributed by atoms with van der Waals surface area (Å²) >= 11 is 0. The zero-order valence-corrected chi connectivity index (χ0v) is 14.7. The lowest BCUT2D eigenvalue weighted by Gasteiger charge is -2.38. The molecule has 3 heterocycles. The second-order valence-electron chi connectivity index (χ2n) is 6.97. The quantitative estimate of drug-likeness (QED) is 0.405. The molecule has 0 saturated carbocycles. The number of rotatable bonds is 2. The molecule has 3 aromatic rings. The number of nitro benzene ring substituents is 1. The Hall–Kier alpha value is -3.81. The first-order valence-electron chi connectivity index (χ1n) is 8.69. The molecule has 0 spiro atoms. The third-order valence-corrected chi connectivity index (χ3v) is 5.63. The summed E-state index contributed by atoms with van der Waals surface area (Å²) in [6.07, 6.45) is 3.55. The first-order chi connectivity index (χ1) is 13.4. The van der Waals surface area contributed by atoms with Gasteiger partial charge in [0.2, 0.25) is 17.7 Å². The van der Waals surface area contributed by atoms with Crippen LogP contribution in [0.1, 0.15) is 23.1 Å². The predicted octanol–water partition coefficient (Wildman–Crippen LogP) is 3.12. The molecule has 3 aliphatic rings. The highest BCUT2D eigenvalue weighted by molar-refractivity contribution is 5.98. The number of benzene rings is 2. The van der Waals surface area contributed by atoms with Gasteiger partial charge in [-0.15, -0.1) is 0 Å². The van der Waals surface area contributed by atoms with Gasteiger partial charge < -0.3 is 15.1 Å². The average Bonchev–Trinajstić information content (AvgIpc) is 2.96. The van der Waals surface area contributed by atoms with Crippen molar-refractivity contribution in [1.29, 1.82) is 0 Å². The van der Waals surface area contributed by atoms with Crippen LogP contribution in [0.3, 0.4) is 0 Å². The number of carbonyl (C=O) groups excluding carboxylic acids is 1. The standard InChI is InChI=1S/C20H15N3O5/c1-21-15-7-6-12(18(21)24)16-17(15)20(26)22(19(16)25)13-8-9-14(23(27)28)11-5-3-2-4-10(11)13/h2-9,12,15,25-26H,1H3/t12-,15+/m0/s1. The second-order valence-corrected chi connectivity index (χ2v) is 6.97. The fourth-order valence-electron chi connectivity index (χ4n) is 4.32. The van der Waals surface area contributed by atoms with E-state index in [-0.39, 0.29) is 23.4 Å². The average molecular weight is 377 g/mol. The van der Waals surface area contributed by atoms with Crippen LogP contribution >= 0.6 is 0 Å². The number of aromatic hydroxyl groups is 2. The lowest BCUT2D eigenvalue weighted by molar-refractivity contribution is -0.383. The van der Waals surface area contributed by atoms with Crippen LogP contribution in [0, 0.1) is 10.1 Å². The Morgan fingerprint density at radius 1 is 1.00 bits per heavy atom. The fraction of sp³-hybridized carbons (Fsp3) is 0.150. The summed E-state index contributed by atoms with van der Waals surface area (Å²) in [7, 11) is 1.65. The molecule has 1 aliphatic carbocycles. The summed E-state index contributed by atoms with van der Waals surface area (Å²) in [5.74, 6) is -1.22. The van der Waals surface area contributed by atoms with Gasteiger partial charge in [0.1, 0.15) is 0 Å². The van der Waals surface area contributed by atoms with Gasteiger partial charge in [0.15, 0.2) is 0 Å². The molecule has 1 amide bonds. The molecule has 0 fully saturated rings. The molecule has 2 atom stereocenters. The first-order valence-corrected chi connectivity index (χ1v) is 8.69. The van der Waals surface area contributed by atoms with Crippen LogP contribution in [0.25, 0.3) is 16.5 Å². The SMILES string of the molecule is CN1C(=O)[C@H]2C=C[C@@H]1c1c2c(O)n(-c2ccc([N+](=O)[O-])c3ccccc23)c1O. The molecule has 140 valence electrons. The van der Waals surface area contributed by atoms with Crippen LogP contribution in [-0.4, -0.2) is 37.6 Å². The van der Waals surface area contributed by atoms with Gasteiger partial charge in [-0.3, -0.25) is 19.5 Å². The van der Waals surface area contributed by atoms with E-state index >= 15 is 0 Å². The second kappa shape index (κ2) is 5.35. The molecule has 8 nitrogen and oxygen atoms in total. The van der Waals surface area contributed by atoms with Gasteiger partial charge in [0.05, 0.1) is 28.0 Å². The number of carbonyl (C=O) groups is 1. The van der Waals surface area contributed by atoms with E-state index in [4.69, 9.17) is 0 Å². The van der Waals surface area contributed by atoms with Crippen molar-refractivity contribution in [1.82, 2.24) is 9.47 Å². The highest BCUT2D eigenvalue weighted by Crippen LogP contribution is 2.53. The Bertz CT molecular complexity index is 1230. The van der Waals surface area contributed by atoms with E-state index in [9.17, 15) is 25.1 Å². The van der Waals surface area contributed by atoms with Crippen LogP contribution in [0.15, 0.2) is 48.6 Å². The van der Waals surface area contributed by atoms with Crippen molar-refractivity contribution in [2.45, 2.75) is 12.0 Å². The number of amides is 1. The lowest BCUT2D eigenvalue weighted by Crippen LogP contribution is -2.41. The molecule has 0 unspecified atom stereocenters. The van der Waals surface area contributed by atoms with Crippen LogP contribution in [0.4, 0.5) is 5.69 Å². The Balaban J connectivity index is 1.83. The Morgan fingerprint density at radius 2 is 1.68 bits per heavy atom. The monoisotopic (exact) mass is 377 g/mol. The summed E-state index contributed by atoms with van der Waals surface area (Å²) in [4.78, 5) is 24.9. The smallest absolute Gasteiger partial charge is 0.277 e. The van der Waals surface area contributed by atoms with E-state index < -0.39 is 16.9 Å². The molecule has 1 aromatic heterocycles. The van der Waals surface area contributed by atoms with E-state index in [2.05, 4.69) is 0 Å². The van der Waals surface area contributed by atoms with Crippen molar-refractivity contribution in [3.05, 3.63) is 69.8 Å². The Kier molecular flexibility index (Phi) is 3.13. The maximum atomic E-state index is 12.5. The molecular weight excluding hydrogens is 362 g/mol. The largest absolute Gasteiger partial charge is 0.494 e. The van der Waals surface area contributed by atoms with Crippen molar-refractivity contribution in [2.75, 3.05) is 7.05 Å². The van der Waals surface area contributed by atoms with Gasteiger partial charge in [-0.25, -0.2) is 0 Å². The van der Waals surface area contributed by atoms with Gasteiger partial charge in [-0.05, 0) is 12.1 Å². The molecule has 6 rings (SSSR count). The minimum Gasteiger partial charge on any atom is -0.494 e. The molecule has 2 bridgehead atoms. The Labute approximate surface area is 158 Å². The number of hydrogen-bond donors (Lipinski definition) is 2. The number of aromatic nitrogens is 1. The number of nitrogens with zero attached hydrogens (tertiary/aromatic N) is 3. The van der Waals surface area contributed by atoms with Gasteiger partial charge >= 0.3 is 0 Å². The van der Waals surface area contributed by atoms with Crippen LogP contribution in [-0.2, 0) is 4.79 Å². The van der Waals surface area contributed by atoms with E-state index in [1.165, 1.54) is 21.6 Å². The first kappa shape index (κ1) is 16.4. The number of non-ortho nitro benzene ring substituents is 1. The van der Waals surface area contributed by atoms with Crippen molar-refractivity contribution in [3.63, 3.8) is 0 Å². The molecule has 0 radical (unpaired) electrons. The molecule has 2 N–H and O–H groups in total. The molecule has 28 heavy (non-hydrogen) atoms.